The smallest absolute Gasteiger partial charge is 0.161 e. The number of ether oxygens (including phenoxy) is 3. The van der Waals surface area contributed by atoms with Crippen LogP contribution in [0, 0.1) is 0 Å². The van der Waals surface area contributed by atoms with Gasteiger partial charge < -0.3 is 14.2 Å². The summed E-state index contributed by atoms with van der Waals surface area (Å²) in [6.07, 6.45) is 0. The molecule has 0 aromatic heterocycles. The number of hydrogen-bond acceptors (Lipinski definition) is 3. The first kappa shape index (κ1) is 16.2. The molecule has 2 rings (SSSR count). The molecule has 0 bridgehead atoms. The monoisotopic (exact) mass is 414 g/mol. The van der Waals surface area contributed by atoms with Crippen LogP contribution in [0.1, 0.15) is 5.56 Å². The van der Waals surface area contributed by atoms with Crippen LogP contribution in [0.3, 0.4) is 0 Å². The van der Waals surface area contributed by atoms with E-state index in [2.05, 4.69) is 31.9 Å². The van der Waals surface area contributed by atoms with Crippen molar-refractivity contribution in [3.63, 3.8) is 0 Å². The van der Waals surface area contributed by atoms with E-state index >= 15 is 0 Å². The van der Waals surface area contributed by atoms with Gasteiger partial charge in [-0.1, -0.05) is 34.1 Å². The van der Waals surface area contributed by atoms with E-state index in [1.54, 1.807) is 7.11 Å². The highest BCUT2D eigenvalue weighted by Crippen LogP contribution is 2.28. The molecule has 5 heteroatoms. The maximum atomic E-state index is 5.70. The summed E-state index contributed by atoms with van der Waals surface area (Å²) in [6, 6.07) is 13.6. The number of hydrogen-bond donors (Lipinski definition) is 0. The van der Waals surface area contributed by atoms with Gasteiger partial charge in [-0.15, -0.1) is 0 Å². The largest absolute Gasteiger partial charge is 0.493 e. The minimum absolute atomic E-state index is 0.451. The highest BCUT2D eigenvalue weighted by atomic mass is 79.9. The summed E-state index contributed by atoms with van der Waals surface area (Å²) in [5, 5.41) is 0.822. The van der Waals surface area contributed by atoms with Crippen molar-refractivity contribution in [2.45, 2.75) is 5.33 Å². The van der Waals surface area contributed by atoms with Gasteiger partial charge in [0, 0.05) is 5.33 Å². The molecule has 0 aliphatic carbocycles. The lowest BCUT2D eigenvalue weighted by Gasteiger charge is -2.12. The van der Waals surface area contributed by atoms with Gasteiger partial charge in [0.15, 0.2) is 11.5 Å². The Morgan fingerprint density at radius 1 is 0.905 bits per heavy atom. The summed E-state index contributed by atoms with van der Waals surface area (Å²) in [6.45, 7) is 0.914. The van der Waals surface area contributed by atoms with Gasteiger partial charge in [0.05, 0.1) is 11.6 Å². The second kappa shape index (κ2) is 8.29. The third kappa shape index (κ3) is 4.64. The van der Waals surface area contributed by atoms with E-state index in [9.17, 15) is 0 Å². The highest BCUT2D eigenvalue weighted by molar-refractivity contribution is 9.10. The fraction of sp³-hybridized carbons (Fsp3) is 0.250. The molecule has 21 heavy (non-hydrogen) atoms. The number of methoxy groups -OCH3 is 1. The average Bonchev–Trinajstić information content (AvgIpc) is 2.53. The number of benzene rings is 2. The van der Waals surface area contributed by atoms with Crippen LogP contribution in [-0.4, -0.2) is 20.3 Å². The Balaban J connectivity index is 1.85. The van der Waals surface area contributed by atoms with Crippen LogP contribution in [0.5, 0.6) is 17.2 Å². The van der Waals surface area contributed by atoms with Crippen LogP contribution >= 0.6 is 31.9 Å². The fourth-order valence-electron chi connectivity index (χ4n) is 1.79. The van der Waals surface area contributed by atoms with E-state index in [0.29, 0.717) is 13.2 Å². The first-order valence-corrected chi connectivity index (χ1v) is 8.39. The Bertz CT molecular complexity index is 587. The van der Waals surface area contributed by atoms with Gasteiger partial charge in [-0.3, -0.25) is 0 Å². The lowest BCUT2D eigenvalue weighted by molar-refractivity contribution is 0.210. The topological polar surface area (TPSA) is 27.7 Å². The molecule has 0 radical (unpaired) electrons. The SMILES string of the molecule is COc1ccccc1OCCOc1ccc(CBr)cc1Br. The van der Waals surface area contributed by atoms with Crippen molar-refractivity contribution in [3.8, 4) is 17.2 Å². The third-order valence-electron chi connectivity index (χ3n) is 2.82. The zero-order chi connectivity index (χ0) is 15.1. The minimum Gasteiger partial charge on any atom is -0.493 e. The van der Waals surface area contributed by atoms with Crippen LogP contribution in [0.15, 0.2) is 46.9 Å². The predicted octanol–water partition coefficient (Wildman–Crippen LogP) is 4.81. The number of rotatable bonds is 7. The van der Waals surface area contributed by atoms with Gasteiger partial charge in [-0.05, 0) is 45.8 Å². The Kier molecular flexibility index (Phi) is 6.39. The summed E-state index contributed by atoms with van der Waals surface area (Å²) >= 11 is 6.93. The molecule has 0 atom stereocenters. The summed E-state index contributed by atoms with van der Waals surface area (Å²) in [5.41, 5.74) is 1.19. The van der Waals surface area contributed by atoms with E-state index in [-0.39, 0.29) is 0 Å². The Labute approximate surface area is 141 Å². The highest BCUT2D eigenvalue weighted by Gasteiger charge is 2.04. The Morgan fingerprint density at radius 3 is 2.19 bits per heavy atom. The van der Waals surface area contributed by atoms with E-state index in [1.807, 2.05) is 42.5 Å². The van der Waals surface area contributed by atoms with E-state index in [0.717, 1.165) is 27.1 Å². The molecule has 112 valence electrons. The summed E-state index contributed by atoms with van der Waals surface area (Å²) in [4.78, 5) is 0. The van der Waals surface area contributed by atoms with E-state index < -0.39 is 0 Å². The second-order valence-electron chi connectivity index (χ2n) is 4.25. The van der Waals surface area contributed by atoms with Crippen LogP contribution < -0.4 is 14.2 Å². The van der Waals surface area contributed by atoms with Crippen molar-refractivity contribution >= 4 is 31.9 Å². The van der Waals surface area contributed by atoms with Gasteiger partial charge in [-0.25, -0.2) is 0 Å². The van der Waals surface area contributed by atoms with E-state index in [4.69, 9.17) is 14.2 Å². The summed E-state index contributed by atoms with van der Waals surface area (Å²) in [5.74, 6) is 2.25. The molecular weight excluding hydrogens is 400 g/mol. The minimum atomic E-state index is 0.451. The summed E-state index contributed by atoms with van der Waals surface area (Å²) < 4.78 is 17.5. The Morgan fingerprint density at radius 2 is 1.57 bits per heavy atom. The van der Waals surface area contributed by atoms with Crippen molar-refractivity contribution in [1.29, 1.82) is 0 Å². The zero-order valence-electron chi connectivity index (χ0n) is 11.6. The molecule has 0 saturated heterocycles. The van der Waals surface area contributed by atoms with Crippen LogP contribution in [0.4, 0.5) is 0 Å². The zero-order valence-corrected chi connectivity index (χ0v) is 14.8. The quantitative estimate of drug-likeness (QED) is 0.479. The van der Waals surface area contributed by atoms with Crippen LogP contribution in [0.2, 0.25) is 0 Å². The van der Waals surface area contributed by atoms with Gasteiger partial charge in [-0.2, -0.15) is 0 Å². The molecule has 3 nitrogen and oxygen atoms in total. The maximum absolute atomic E-state index is 5.70. The standard InChI is InChI=1S/C16H16Br2O3/c1-19-15-4-2-3-5-16(15)21-9-8-20-14-7-6-12(11-17)10-13(14)18/h2-7,10H,8-9,11H2,1H3. The fourth-order valence-corrected chi connectivity index (χ4v) is 2.68. The number of para-hydroxylation sites is 2. The van der Waals surface area contributed by atoms with Crippen LogP contribution in [-0.2, 0) is 5.33 Å². The van der Waals surface area contributed by atoms with Gasteiger partial charge in [0.1, 0.15) is 19.0 Å². The van der Waals surface area contributed by atoms with Crippen molar-refractivity contribution < 1.29 is 14.2 Å². The maximum Gasteiger partial charge on any atom is 0.161 e. The molecule has 0 N–H and O–H groups in total. The normalized spacial score (nSPS) is 10.2. The van der Waals surface area contributed by atoms with Crippen molar-refractivity contribution in [2.75, 3.05) is 20.3 Å². The molecule has 0 heterocycles. The molecule has 2 aromatic carbocycles. The molecular formula is C16H16Br2O3. The van der Waals surface area contributed by atoms with Crippen LogP contribution in [0.25, 0.3) is 0 Å². The Hall–Kier alpha value is -1.20. The van der Waals surface area contributed by atoms with Crippen molar-refractivity contribution in [3.05, 3.63) is 52.5 Å². The lowest BCUT2D eigenvalue weighted by atomic mass is 10.2. The first-order chi connectivity index (χ1) is 10.2. The van der Waals surface area contributed by atoms with Crippen molar-refractivity contribution in [2.24, 2.45) is 0 Å². The number of halogens is 2. The van der Waals surface area contributed by atoms with Gasteiger partial charge in [0.25, 0.3) is 0 Å². The molecule has 2 aromatic rings. The van der Waals surface area contributed by atoms with E-state index in [1.165, 1.54) is 5.56 Å². The van der Waals surface area contributed by atoms with Gasteiger partial charge in [0.2, 0.25) is 0 Å². The number of alkyl halides is 1. The average molecular weight is 416 g/mol. The molecule has 0 saturated carbocycles. The molecule has 0 aliphatic heterocycles. The molecule has 0 unspecified atom stereocenters. The van der Waals surface area contributed by atoms with Gasteiger partial charge >= 0.3 is 0 Å². The molecule has 0 fully saturated rings. The van der Waals surface area contributed by atoms with Crippen molar-refractivity contribution in [1.82, 2.24) is 0 Å². The molecule has 0 aliphatic rings. The third-order valence-corrected chi connectivity index (χ3v) is 4.09. The lowest BCUT2D eigenvalue weighted by Crippen LogP contribution is -2.09. The molecule has 0 spiro atoms. The second-order valence-corrected chi connectivity index (χ2v) is 5.66. The first-order valence-electron chi connectivity index (χ1n) is 6.47. The summed E-state index contributed by atoms with van der Waals surface area (Å²) in [7, 11) is 1.63. The molecule has 0 amide bonds. The predicted molar refractivity (Wildman–Crippen MR) is 90.8 cm³/mol.